The van der Waals surface area contributed by atoms with E-state index in [-0.39, 0.29) is 49.0 Å². The Labute approximate surface area is 145 Å². The van der Waals surface area contributed by atoms with E-state index in [0.29, 0.717) is 0 Å². The summed E-state index contributed by atoms with van der Waals surface area (Å²) in [5.74, 6) is -1.40. The van der Waals surface area contributed by atoms with E-state index in [9.17, 15) is 14.4 Å². The van der Waals surface area contributed by atoms with Crippen molar-refractivity contribution in [3.8, 4) is 0 Å². The number of rotatable bonds is 4. The van der Waals surface area contributed by atoms with E-state index in [1.54, 1.807) is 13.8 Å². The number of esters is 1. The molecule has 0 spiro atoms. The minimum absolute atomic E-state index is 0.0287. The minimum atomic E-state index is -0.768. The maximum Gasteiger partial charge on any atom is 0.322 e. The highest BCUT2D eigenvalue weighted by atomic mass is 79.9. The molecule has 0 aromatic carbocycles. The number of ether oxygens (including phenoxy) is 2. The Morgan fingerprint density at radius 2 is 1.70 bits per heavy atom. The number of halogens is 1. The van der Waals surface area contributed by atoms with E-state index in [2.05, 4.69) is 15.9 Å². The van der Waals surface area contributed by atoms with Crippen LogP contribution in [0, 0.1) is 11.8 Å². The average molecular weight is 390 g/mol. The van der Waals surface area contributed by atoms with Crippen molar-refractivity contribution in [1.29, 1.82) is 0 Å². The van der Waals surface area contributed by atoms with Crippen LogP contribution in [0.15, 0.2) is 0 Å². The van der Waals surface area contributed by atoms with Gasteiger partial charge in [0.15, 0.2) is 0 Å². The third-order valence-corrected chi connectivity index (χ3v) is 4.73. The quantitative estimate of drug-likeness (QED) is 0.417. The molecule has 3 rings (SSSR count). The van der Waals surface area contributed by atoms with Crippen molar-refractivity contribution in [3.05, 3.63) is 0 Å². The third kappa shape index (κ3) is 3.31. The number of hydrogen-bond donors (Lipinski definition) is 0. The van der Waals surface area contributed by atoms with E-state index in [4.69, 9.17) is 9.47 Å². The van der Waals surface area contributed by atoms with Gasteiger partial charge in [0.25, 0.3) is 0 Å². The van der Waals surface area contributed by atoms with Gasteiger partial charge in [0.2, 0.25) is 11.8 Å². The second-order valence-corrected chi connectivity index (χ2v) is 8.26. The molecular weight excluding hydrogens is 366 g/mol. The Bertz CT molecular complexity index is 473. The number of likely N-dealkylation sites (tertiary alicyclic amines) is 1. The fraction of sp³-hybridized carbons (Fsp3) is 0.812. The van der Waals surface area contributed by atoms with E-state index >= 15 is 0 Å². The van der Waals surface area contributed by atoms with Crippen LogP contribution in [0.3, 0.4) is 0 Å². The van der Waals surface area contributed by atoms with Crippen LogP contribution in [0.25, 0.3) is 0 Å². The van der Waals surface area contributed by atoms with Crippen LogP contribution < -0.4 is 0 Å². The first kappa shape index (κ1) is 18.4. The van der Waals surface area contributed by atoms with Crippen LogP contribution in [0.5, 0.6) is 0 Å². The van der Waals surface area contributed by atoms with Crippen LogP contribution in [0.2, 0.25) is 0 Å². The van der Waals surface area contributed by atoms with E-state index < -0.39 is 10.3 Å². The maximum absolute atomic E-state index is 12.3. The molecule has 3 fully saturated rings. The molecule has 0 aliphatic carbocycles. The summed E-state index contributed by atoms with van der Waals surface area (Å²) >= 11 is 3.21. The number of carbonyl (C=O) groups excluding carboxylic acids is 3. The summed E-state index contributed by atoms with van der Waals surface area (Å²) in [7, 11) is 0. The fourth-order valence-corrected chi connectivity index (χ4v) is 3.51. The summed E-state index contributed by atoms with van der Waals surface area (Å²) in [4.78, 5) is 37.5. The molecule has 7 heteroatoms. The molecule has 6 nitrogen and oxygen atoms in total. The Hall–Kier alpha value is -0.950. The monoisotopic (exact) mass is 389 g/mol. The van der Waals surface area contributed by atoms with E-state index in [1.807, 2.05) is 13.8 Å². The predicted molar refractivity (Wildman–Crippen MR) is 86.9 cm³/mol. The van der Waals surface area contributed by atoms with Gasteiger partial charge < -0.3 is 9.47 Å². The van der Waals surface area contributed by atoms with Crippen molar-refractivity contribution in [2.45, 2.75) is 57.1 Å². The second-order valence-electron chi connectivity index (χ2n) is 6.28. The molecule has 3 heterocycles. The molecule has 3 aliphatic heterocycles. The highest BCUT2D eigenvalue weighted by Gasteiger charge is 2.62. The van der Waals surface area contributed by atoms with Crippen molar-refractivity contribution in [1.82, 2.24) is 4.90 Å². The van der Waals surface area contributed by atoms with Crippen LogP contribution in [-0.4, -0.2) is 52.4 Å². The summed E-state index contributed by atoms with van der Waals surface area (Å²) in [6.07, 6.45) is 1.49. The summed E-state index contributed by atoms with van der Waals surface area (Å²) in [5, 5.41) is 0. The van der Waals surface area contributed by atoms with Gasteiger partial charge in [0, 0.05) is 0 Å². The lowest BCUT2D eigenvalue weighted by Gasteiger charge is -2.19. The Balaban J connectivity index is 0.000000924. The second kappa shape index (κ2) is 6.89. The molecule has 0 aromatic heterocycles. The molecule has 0 N–H and O–H groups in total. The number of amides is 2. The first-order valence-electron chi connectivity index (χ1n) is 8.17. The highest BCUT2D eigenvalue weighted by molar-refractivity contribution is 9.10. The van der Waals surface area contributed by atoms with E-state index in [1.165, 1.54) is 4.90 Å². The molecule has 2 bridgehead atoms. The molecule has 0 radical (unpaired) electrons. The van der Waals surface area contributed by atoms with Crippen LogP contribution >= 0.6 is 15.9 Å². The lowest BCUT2D eigenvalue weighted by Crippen LogP contribution is -2.38. The van der Waals surface area contributed by atoms with Crippen molar-refractivity contribution >= 4 is 33.7 Å². The SMILES string of the molecule is CC.CC(C)(Br)C(=O)OCCN1C(=O)[C@@H]2C3CCC(O3)[C@@H]2C1=O. The Kier molecular flexibility index (Phi) is 5.51. The molecule has 3 aliphatic rings. The summed E-state index contributed by atoms with van der Waals surface area (Å²) in [5.41, 5.74) is 0. The van der Waals surface area contributed by atoms with Gasteiger partial charge in [-0.2, -0.15) is 0 Å². The zero-order chi connectivity index (χ0) is 17.4. The van der Waals surface area contributed by atoms with Gasteiger partial charge in [-0.3, -0.25) is 19.3 Å². The number of carbonyl (C=O) groups is 3. The van der Waals surface area contributed by atoms with Gasteiger partial charge in [-0.25, -0.2) is 0 Å². The zero-order valence-corrected chi connectivity index (χ0v) is 15.6. The maximum atomic E-state index is 12.3. The Morgan fingerprint density at radius 1 is 1.22 bits per heavy atom. The summed E-state index contributed by atoms with van der Waals surface area (Å²) in [6.45, 7) is 7.52. The van der Waals surface area contributed by atoms with Crippen molar-refractivity contribution in [3.63, 3.8) is 0 Å². The average Bonchev–Trinajstić information content (AvgIpc) is 3.17. The molecule has 2 amide bonds. The first-order valence-corrected chi connectivity index (χ1v) is 8.97. The van der Waals surface area contributed by atoms with Gasteiger partial charge in [-0.15, -0.1) is 0 Å². The molecule has 0 saturated carbocycles. The normalized spacial score (nSPS) is 31.8. The number of hydrogen-bond acceptors (Lipinski definition) is 5. The first-order chi connectivity index (χ1) is 10.8. The van der Waals surface area contributed by atoms with Gasteiger partial charge in [0.05, 0.1) is 30.6 Å². The molecule has 4 atom stereocenters. The van der Waals surface area contributed by atoms with Gasteiger partial charge in [-0.1, -0.05) is 29.8 Å². The van der Waals surface area contributed by atoms with Crippen molar-refractivity contribution in [2.24, 2.45) is 11.8 Å². The molecular formula is C16H24BrNO5. The van der Waals surface area contributed by atoms with E-state index in [0.717, 1.165) is 12.8 Å². The van der Waals surface area contributed by atoms with Crippen molar-refractivity contribution in [2.75, 3.05) is 13.2 Å². The molecule has 0 aromatic rings. The topological polar surface area (TPSA) is 72.9 Å². The number of fused-ring (bicyclic) bond motifs is 5. The van der Waals surface area contributed by atoms with Crippen molar-refractivity contribution < 1.29 is 23.9 Å². The number of nitrogens with zero attached hydrogens (tertiary/aromatic N) is 1. The number of alkyl halides is 1. The molecule has 2 unspecified atom stereocenters. The van der Waals surface area contributed by atoms with Gasteiger partial charge >= 0.3 is 5.97 Å². The van der Waals surface area contributed by atoms with Crippen LogP contribution in [0.1, 0.15) is 40.5 Å². The fourth-order valence-electron chi connectivity index (χ4n) is 3.40. The Morgan fingerprint density at radius 3 is 2.13 bits per heavy atom. The summed E-state index contributed by atoms with van der Waals surface area (Å²) < 4.78 is 9.98. The standard InChI is InChI=1S/C14H18BrNO5.C2H6/c1-14(2,15)13(19)20-6-5-16-11(17)9-7-3-4-8(21-7)10(9)12(16)18;1-2/h7-10H,3-6H2,1-2H3;1-2H3/t7?,8?,9-,10+;. The predicted octanol–water partition coefficient (Wildman–Crippen LogP) is 1.89. The lowest BCUT2D eigenvalue weighted by molar-refractivity contribution is -0.150. The molecule has 23 heavy (non-hydrogen) atoms. The van der Waals surface area contributed by atoms with Crippen LogP contribution in [-0.2, 0) is 23.9 Å². The smallest absolute Gasteiger partial charge is 0.322 e. The molecule has 130 valence electrons. The molecule has 3 saturated heterocycles. The number of imide groups is 1. The third-order valence-electron chi connectivity index (χ3n) is 4.41. The summed E-state index contributed by atoms with van der Waals surface area (Å²) in [6, 6.07) is 0. The van der Waals surface area contributed by atoms with Gasteiger partial charge in [0.1, 0.15) is 10.9 Å². The highest BCUT2D eigenvalue weighted by Crippen LogP contribution is 2.48. The lowest BCUT2D eigenvalue weighted by atomic mass is 9.81. The largest absolute Gasteiger partial charge is 0.463 e. The minimum Gasteiger partial charge on any atom is -0.463 e. The zero-order valence-electron chi connectivity index (χ0n) is 14.0. The van der Waals surface area contributed by atoms with Crippen LogP contribution in [0.4, 0.5) is 0 Å². The van der Waals surface area contributed by atoms with Gasteiger partial charge in [-0.05, 0) is 26.7 Å².